The topological polar surface area (TPSA) is 46.6 Å². The Labute approximate surface area is 123 Å². The molecule has 0 amide bonds. The summed E-state index contributed by atoms with van der Waals surface area (Å²) < 4.78 is 32.4. The Morgan fingerprint density at radius 1 is 1.53 bits per heavy atom. The predicted octanol–water partition coefficient (Wildman–Crippen LogP) is 2.59. The second-order valence-corrected chi connectivity index (χ2v) is 8.73. The van der Waals surface area contributed by atoms with Crippen molar-refractivity contribution in [2.24, 2.45) is 0 Å². The zero-order chi connectivity index (χ0) is 14.3. The lowest BCUT2D eigenvalue weighted by Crippen LogP contribution is -2.50. The van der Waals surface area contributed by atoms with Crippen molar-refractivity contribution in [3.05, 3.63) is 15.8 Å². The molecule has 0 spiro atoms. The zero-order valence-electron chi connectivity index (χ0n) is 11.3. The fourth-order valence-electron chi connectivity index (χ4n) is 2.16. The van der Waals surface area contributed by atoms with Gasteiger partial charge in [-0.3, -0.25) is 0 Å². The number of sulfonamides is 1. The van der Waals surface area contributed by atoms with Gasteiger partial charge in [0.25, 0.3) is 0 Å². The van der Waals surface area contributed by atoms with Crippen molar-refractivity contribution < 1.29 is 13.2 Å². The summed E-state index contributed by atoms with van der Waals surface area (Å²) in [5, 5.41) is 0. The first-order valence-electron chi connectivity index (χ1n) is 6.06. The zero-order valence-corrected chi connectivity index (χ0v) is 13.7. The maximum Gasteiger partial charge on any atom is 0.244 e. The van der Waals surface area contributed by atoms with Crippen LogP contribution in [0.25, 0.3) is 0 Å². The van der Waals surface area contributed by atoms with E-state index in [1.54, 1.807) is 6.07 Å². The van der Waals surface area contributed by atoms with Gasteiger partial charge < -0.3 is 4.74 Å². The van der Waals surface area contributed by atoms with Crippen LogP contribution in [0, 0.1) is 6.92 Å². The number of rotatable bonds is 3. The van der Waals surface area contributed by atoms with Gasteiger partial charge >= 0.3 is 0 Å². The van der Waals surface area contributed by atoms with Gasteiger partial charge in [-0.05, 0) is 26.8 Å². The SMILES string of the molecule is Cc1sc(CCl)cc1S(=O)(=O)N1CCOC(C)(C)C1. The van der Waals surface area contributed by atoms with E-state index in [0.29, 0.717) is 30.5 Å². The highest BCUT2D eigenvalue weighted by Crippen LogP contribution is 2.31. The minimum atomic E-state index is -3.45. The molecule has 7 heteroatoms. The third kappa shape index (κ3) is 3.13. The van der Waals surface area contributed by atoms with Crippen LogP contribution in [0.15, 0.2) is 11.0 Å². The minimum Gasteiger partial charge on any atom is -0.373 e. The van der Waals surface area contributed by atoms with Crippen LogP contribution >= 0.6 is 22.9 Å². The van der Waals surface area contributed by atoms with Gasteiger partial charge in [-0.15, -0.1) is 22.9 Å². The molecule has 2 rings (SSSR count). The van der Waals surface area contributed by atoms with E-state index in [4.69, 9.17) is 16.3 Å². The van der Waals surface area contributed by atoms with Crippen molar-refractivity contribution in [1.82, 2.24) is 4.31 Å². The van der Waals surface area contributed by atoms with Crippen LogP contribution in [0.5, 0.6) is 0 Å². The van der Waals surface area contributed by atoms with Gasteiger partial charge in [0.15, 0.2) is 0 Å². The Balaban J connectivity index is 2.34. The number of aryl methyl sites for hydroxylation is 1. The summed E-state index contributed by atoms with van der Waals surface area (Å²) in [5.74, 6) is 0.343. The Morgan fingerprint density at radius 3 is 2.74 bits per heavy atom. The second-order valence-electron chi connectivity index (χ2n) is 5.21. The molecule has 0 aliphatic carbocycles. The van der Waals surface area contributed by atoms with E-state index in [1.807, 2.05) is 20.8 Å². The Morgan fingerprint density at radius 2 is 2.21 bits per heavy atom. The predicted molar refractivity (Wildman–Crippen MR) is 77.4 cm³/mol. The number of nitrogens with zero attached hydrogens (tertiary/aromatic N) is 1. The summed E-state index contributed by atoms with van der Waals surface area (Å²) in [5.41, 5.74) is -0.440. The number of thiophene rings is 1. The van der Waals surface area contributed by atoms with Gasteiger partial charge in [0.05, 0.1) is 23.0 Å². The second kappa shape index (κ2) is 5.33. The number of morpholine rings is 1. The standard InChI is InChI=1S/C12H18ClNO3S2/c1-9-11(6-10(7-13)18-9)19(15,16)14-4-5-17-12(2,3)8-14/h6H,4-5,7-8H2,1-3H3. The first-order valence-corrected chi connectivity index (χ1v) is 8.85. The van der Waals surface area contributed by atoms with Crippen LogP contribution in [-0.4, -0.2) is 38.0 Å². The molecule has 1 aliphatic heterocycles. The van der Waals surface area contributed by atoms with Crippen molar-refractivity contribution >= 4 is 33.0 Å². The summed E-state index contributed by atoms with van der Waals surface area (Å²) in [6.45, 7) is 6.83. The average molecular weight is 324 g/mol. The first-order chi connectivity index (χ1) is 8.76. The summed E-state index contributed by atoms with van der Waals surface area (Å²) >= 11 is 7.21. The van der Waals surface area contributed by atoms with Crippen LogP contribution in [0.4, 0.5) is 0 Å². The van der Waals surface area contributed by atoms with E-state index < -0.39 is 15.6 Å². The molecule has 0 atom stereocenters. The van der Waals surface area contributed by atoms with E-state index in [2.05, 4.69) is 0 Å². The van der Waals surface area contributed by atoms with Gasteiger partial charge in [0, 0.05) is 22.8 Å². The van der Waals surface area contributed by atoms with Crippen molar-refractivity contribution in [1.29, 1.82) is 0 Å². The molecular formula is C12H18ClNO3S2. The van der Waals surface area contributed by atoms with Gasteiger partial charge in [-0.1, -0.05) is 0 Å². The Kier molecular flexibility index (Phi) is 4.28. The molecule has 1 fully saturated rings. The number of hydrogen-bond acceptors (Lipinski definition) is 4. The number of alkyl halides is 1. The van der Waals surface area contributed by atoms with Crippen LogP contribution in [0.2, 0.25) is 0 Å². The van der Waals surface area contributed by atoms with Gasteiger partial charge in [0.2, 0.25) is 10.0 Å². The summed E-state index contributed by atoms with van der Waals surface area (Å²) in [7, 11) is -3.45. The third-order valence-corrected chi connectivity index (χ3v) is 6.66. The maximum atomic E-state index is 12.7. The molecule has 108 valence electrons. The van der Waals surface area contributed by atoms with E-state index in [1.165, 1.54) is 15.6 Å². The molecule has 19 heavy (non-hydrogen) atoms. The molecule has 4 nitrogen and oxygen atoms in total. The molecule has 0 saturated carbocycles. The quantitative estimate of drug-likeness (QED) is 0.803. The van der Waals surface area contributed by atoms with E-state index in [-0.39, 0.29) is 0 Å². The summed E-state index contributed by atoms with van der Waals surface area (Å²) in [4.78, 5) is 2.05. The highest BCUT2D eigenvalue weighted by molar-refractivity contribution is 7.89. The lowest BCUT2D eigenvalue weighted by Gasteiger charge is -2.37. The molecule has 0 N–H and O–H groups in total. The van der Waals surface area contributed by atoms with Crippen molar-refractivity contribution in [2.45, 2.75) is 37.1 Å². The molecule has 0 radical (unpaired) electrons. The number of halogens is 1. The molecule has 2 heterocycles. The van der Waals surface area contributed by atoms with Gasteiger partial charge in [-0.25, -0.2) is 8.42 Å². The van der Waals surface area contributed by atoms with Crippen LogP contribution in [0.3, 0.4) is 0 Å². The van der Waals surface area contributed by atoms with Gasteiger partial charge in [-0.2, -0.15) is 4.31 Å². The summed E-state index contributed by atoms with van der Waals surface area (Å²) in [6, 6.07) is 1.69. The van der Waals surface area contributed by atoms with Crippen molar-refractivity contribution in [3.63, 3.8) is 0 Å². The molecule has 0 unspecified atom stereocenters. The Hall–Kier alpha value is -0.140. The fraction of sp³-hybridized carbons (Fsp3) is 0.667. The molecule has 1 saturated heterocycles. The molecule has 1 aromatic rings. The monoisotopic (exact) mass is 323 g/mol. The highest BCUT2D eigenvalue weighted by Gasteiger charge is 2.36. The average Bonchev–Trinajstić information content (AvgIpc) is 2.70. The molecular weight excluding hydrogens is 306 g/mol. The van der Waals surface area contributed by atoms with E-state index in [0.717, 1.165) is 9.75 Å². The third-order valence-electron chi connectivity index (χ3n) is 3.06. The van der Waals surface area contributed by atoms with Crippen LogP contribution in [0.1, 0.15) is 23.6 Å². The molecule has 1 aromatic heterocycles. The van der Waals surface area contributed by atoms with E-state index >= 15 is 0 Å². The van der Waals surface area contributed by atoms with Gasteiger partial charge in [0.1, 0.15) is 0 Å². The lowest BCUT2D eigenvalue weighted by molar-refractivity contribution is -0.0640. The normalized spacial score (nSPS) is 20.6. The minimum absolute atomic E-state index is 0.343. The largest absolute Gasteiger partial charge is 0.373 e. The smallest absolute Gasteiger partial charge is 0.244 e. The van der Waals surface area contributed by atoms with Crippen LogP contribution in [-0.2, 0) is 20.6 Å². The highest BCUT2D eigenvalue weighted by atomic mass is 35.5. The lowest BCUT2D eigenvalue weighted by atomic mass is 10.1. The Bertz CT molecular complexity index is 566. The van der Waals surface area contributed by atoms with Crippen LogP contribution < -0.4 is 0 Å². The summed E-state index contributed by atoms with van der Waals surface area (Å²) in [6.07, 6.45) is 0. The fourth-order valence-corrected chi connectivity index (χ4v) is 5.43. The number of ether oxygens (including phenoxy) is 1. The number of hydrogen-bond donors (Lipinski definition) is 0. The molecule has 1 aliphatic rings. The van der Waals surface area contributed by atoms with Crippen molar-refractivity contribution in [3.8, 4) is 0 Å². The first kappa shape index (κ1) is 15.3. The maximum absolute atomic E-state index is 12.7. The molecule has 0 aromatic carbocycles. The molecule has 0 bridgehead atoms. The van der Waals surface area contributed by atoms with E-state index in [9.17, 15) is 8.42 Å². The van der Waals surface area contributed by atoms with Crippen molar-refractivity contribution in [2.75, 3.05) is 19.7 Å².